The van der Waals surface area contributed by atoms with Crippen LogP contribution in [0.1, 0.15) is 66.3 Å². The highest BCUT2D eigenvalue weighted by Crippen LogP contribution is 2.35. The Labute approximate surface area is 191 Å². The fraction of sp³-hybridized carbons (Fsp3) is 0.276. The Hall–Kier alpha value is -3.33. The molecule has 164 valence electrons. The number of carbonyl (C=O) groups is 1. The predicted octanol–water partition coefficient (Wildman–Crippen LogP) is 7.03. The molecule has 3 aromatic carbocycles. The smallest absolute Gasteiger partial charge is 0.254 e. The number of H-pyrrole nitrogens is 1. The summed E-state index contributed by atoms with van der Waals surface area (Å²) in [5.74, 6) is 0.0452. The number of rotatable bonds is 5. The number of benzene rings is 3. The predicted molar refractivity (Wildman–Crippen MR) is 133 cm³/mol. The molecule has 0 saturated heterocycles. The molecule has 0 aliphatic carbocycles. The van der Waals surface area contributed by atoms with E-state index in [0.29, 0.717) is 6.54 Å². The molecule has 0 spiro atoms. The first kappa shape index (κ1) is 21.9. The first-order valence-corrected chi connectivity index (χ1v) is 11.3. The van der Waals surface area contributed by atoms with Crippen LogP contribution in [0.25, 0.3) is 10.9 Å². The molecule has 0 unspecified atom stereocenters. The van der Waals surface area contributed by atoms with Crippen molar-refractivity contribution in [3.8, 4) is 0 Å². The van der Waals surface area contributed by atoms with Crippen LogP contribution in [0.15, 0.2) is 79.0 Å². The lowest BCUT2D eigenvalue weighted by Crippen LogP contribution is -2.35. The first-order valence-electron chi connectivity index (χ1n) is 11.3. The van der Waals surface area contributed by atoms with E-state index >= 15 is 0 Å². The Kier molecular flexibility index (Phi) is 5.92. The molecular weight excluding hydrogens is 392 g/mol. The molecule has 1 amide bonds. The minimum atomic E-state index is -0.174. The summed E-state index contributed by atoms with van der Waals surface area (Å²) in [6.07, 6.45) is 2.05. The van der Waals surface area contributed by atoms with Gasteiger partial charge in [0, 0.05) is 34.8 Å². The van der Waals surface area contributed by atoms with Crippen LogP contribution < -0.4 is 0 Å². The number of hydrogen-bond acceptors (Lipinski definition) is 1. The van der Waals surface area contributed by atoms with E-state index in [-0.39, 0.29) is 17.4 Å². The zero-order chi connectivity index (χ0) is 22.9. The summed E-state index contributed by atoms with van der Waals surface area (Å²) >= 11 is 0. The molecule has 1 heterocycles. The topological polar surface area (TPSA) is 36.1 Å². The lowest BCUT2D eigenvalue weighted by atomic mass is 9.86. The quantitative estimate of drug-likeness (QED) is 0.367. The number of aromatic nitrogens is 1. The van der Waals surface area contributed by atoms with Crippen molar-refractivity contribution in [1.82, 2.24) is 9.88 Å². The van der Waals surface area contributed by atoms with Crippen LogP contribution in [-0.4, -0.2) is 22.3 Å². The molecule has 0 saturated carbocycles. The van der Waals surface area contributed by atoms with Crippen LogP contribution in [0.2, 0.25) is 0 Å². The van der Waals surface area contributed by atoms with Crippen molar-refractivity contribution >= 4 is 16.8 Å². The number of aromatic amines is 1. The van der Waals surface area contributed by atoms with Crippen LogP contribution in [0.3, 0.4) is 0 Å². The lowest BCUT2D eigenvalue weighted by Gasteiger charge is -2.32. The van der Waals surface area contributed by atoms with Gasteiger partial charge in [-0.3, -0.25) is 4.79 Å². The van der Waals surface area contributed by atoms with E-state index in [0.717, 1.165) is 27.6 Å². The minimum Gasteiger partial charge on any atom is -0.361 e. The first-order chi connectivity index (χ1) is 15.3. The summed E-state index contributed by atoms with van der Waals surface area (Å²) in [6.45, 7) is 11.3. The fourth-order valence-corrected chi connectivity index (χ4v) is 4.32. The molecule has 0 aliphatic rings. The van der Waals surface area contributed by atoms with Crippen molar-refractivity contribution in [3.63, 3.8) is 0 Å². The van der Waals surface area contributed by atoms with E-state index in [1.54, 1.807) is 0 Å². The van der Waals surface area contributed by atoms with E-state index in [1.165, 1.54) is 11.1 Å². The molecule has 32 heavy (non-hydrogen) atoms. The van der Waals surface area contributed by atoms with E-state index in [4.69, 9.17) is 0 Å². The van der Waals surface area contributed by atoms with Gasteiger partial charge in [-0.05, 0) is 48.6 Å². The van der Waals surface area contributed by atoms with Crippen molar-refractivity contribution in [2.75, 3.05) is 6.54 Å². The number of nitrogens with one attached hydrogen (secondary N) is 1. The second-order valence-corrected chi connectivity index (χ2v) is 9.52. The summed E-state index contributed by atoms with van der Waals surface area (Å²) in [4.78, 5) is 19.1. The van der Waals surface area contributed by atoms with Crippen LogP contribution in [0.5, 0.6) is 0 Å². The third-order valence-electron chi connectivity index (χ3n) is 6.22. The number of aryl methyl sites for hydroxylation is 1. The Morgan fingerprint density at radius 2 is 1.59 bits per heavy atom. The number of amides is 1. The third-order valence-corrected chi connectivity index (χ3v) is 6.22. The molecule has 0 aliphatic heterocycles. The maximum atomic E-state index is 13.8. The van der Waals surface area contributed by atoms with Gasteiger partial charge in [0.25, 0.3) is 5.91 Å². The molecular formula is C29H32N2O. The average molecular weight is 425 g/mol. The monoisotopic (exact) mass is 424 g/mol. The SMILES string of the molecule is CCN(C(=O)c1ccc(C(C)(C)C)cc1)[C@@H](c1ccc(C)cc1)c1c[nH]c2ccccc12. The maximum Gasteiger partial charge on any atom is 0.254 e. The van der Waals surface area contributed by atoms with Gasteiger partial charge in [-0.1, -0.05) is 80.9 Å². The molecule has 3 nitrogen and oxygen atoms in total. The molecule has 4 aromatic rings. The van der Waals surface area contributed by atoms with E-state index in [2.05, 4.69) is 94.2 Å². The summed E-state index contributed by atoms with van der Waals surface area (Å²) < 4.78 is 0. The summed E-state index contributed by atoms with van der Waals surface area (Å²) in [5.41, 5.74) is 6.52. The number of carbonyl (C=O) groups excluding carboxylic acids is 1. The van der Waals surface area contributed by atoms with Crippen molar-refractivity contribution in [2.45, 2.75) is 46.1 Å². The molecule has 3 heteroatoms. The molecule has 1 N–H and O–H groups in total. The van der Waals surface area contributed by atoms with Gasteiger partial charge in [-0.2, -0.15) is 0 Å². The second-order valence-electron chi connectivity index (χ2n) is 9.52. The van der Waals surface area contributed by atoms with Gasteiger partial charge in [-0.25, -0.2) is 0 Å². The third kappa shape index (κ3) is 4.20. The zero-order valence-electron chi connectivity index (χ0n) is 19.6. The Morgan fingerprint density at radius 3 is 2.22 bits per heavy atom. The zero-order valence-corrected chi connectivity index (χ0v) is 19.6. The number of nitrogens with zero attached hydrogens (tertiary/aromatic N) is 1. The molecule has 0 radical (unpaired) electrons. The number of fused-ring (bicyclic) bond motifs is 1. The number of hydrogen-bond donors (Lipinski definition) is 1. The maximum absolute atomic E-state index is 13.8. The van der Waals surface area contributed by atoms with E-state index < -0.39 is 0 Å². The van der Waals surface area contributed by atoms with Crippen molar-refractivity contribution < 1.29 is 4.79 Å². The lowest BCUT2D eigenvalue weighted by molar-refractivity contribution is 0.0718. The molecule has 0 fully saturated rings. The van der Waals surface area contributed by atoms with Gasteiger partial charge in [0.05, 0.1) is 6.04 Å². The second kappa shape index (κ2) is 8.66. The molecule has 0 bridgehead atoms. The largest absolute Gasteiger partial charge is 0.361 e. The average Bonchev–Trinajstić information content (AvgIpc) is 3.21. The van der Waals surface area contributed by atoms with E-state index in [1.807, 2.05) is 29.3 Å². The van der Waals surface area contributed by atoms with Crippen LogP contribution in [0, 0.1) is 6.92 Å². The van der Waals surface area contributed by atoms with Gasteiger partial charge in [0.1, 0.15) is 0 Å². The minimum absolute atomic E-state index is 0.0452. The Balaban J connectivity index is 1.80. The van der Waals surface area contributed by atoms with Gasteiger partial charge in [0.15, 0.2) is 0 Å². The van der Waals surface area contributed by atoms with Crippen molar-refractivity contribution in [1.29, 1.82) is 0 Å². The van der Waals surface area contributed by atoms with E-state index in [9.17, 15) is 4.79 Å². The fourth-order valence-electron chi connectivity index (χ4n) is 4.32. The number of para-hydroxylation sites is 1. The molecule has 1 atom stereocenters. The van der Waals surface area contributed by atoms with Crippen molar-refractivity contribution in [3.05, 3.63) is 107 Å². The van der Waals surface area contributed by atoms with Gasteiger partial charge < -0.3 is 9.88 Å². The highest BCUT2D eigenvalue weighted by Gasteiger charge is 2.28. The standard InChI is InChI=1S/C29H32N2O/c1-6-31(28(32)22-15-17-23(18-16-22)29(3,4)5)27(21-13-11-20(2)12-14-21)25-19-30-26-10-8-7-9-24(25)26/h7-19,27,30H,6H2,1-5H3/t27-/m0/s1. The van der Waals surface area contributed by atoms with Crippen LogP contribution in [-0.2, 0) is 5.41 Å². The normalized spacial score (nSPS) is 12.7. The molecule has 1 aromatic heterocycles. The Morgan fingerprint density at radius 1 is 0.938 bits per heavy atom. The summed E-state index contributed by atoms with van der Waals surface area (Å²) in [6, 6.07) is 24.7. The molecule has 4 rings (SSSR count). The summed E-state index contributed by atoms with van der Waals surface area (Å²) in [5, 5.41) is 1.15. The highest BCUT2D eigenvalue weighted by atomic mass is 16.2. The van der Waals surface area contributed by atoms with Gasteiger partial charge in [0.2, 0.25) is 0 Å². The van der Waals surface area contributed by atoms with Crippen molar-refractivity contribution in [2.24, 2.45) is 0 Å². The Bertz CT molecular complexity index is 1210. The van der Waals surface area contributed by atoms with Crippen LogP contribution >= 0.6 is 0 Å². The van der Waals surface area contributed by atoms with Gasteiger partial charge >= 0.3 is 0 Å². The highest BCUT2D eigenvalue weighted by molar-refractivity contribution is 5.95. The van der Waals surface area contributed by atoms with Crippen LogP contribution in [0.4, 0.5) is 0 Å². The van der Waals surface area contributed by atoms with Gasteiger partial charge in [-0.15, -0.1) is 0 Å². The summed E-state index contributed by atoms with van der Waals surface area (Å²) in [7, 11) is 0.